The lowest BCUT2D eigenvalue weighted by atomic mass is 9.95. The monoisotopic (exact) mass is 527 g/mol. The van der Waals surface area contributed by atoms with E-state index in [1.165, 1.54) is 6.42 Å². The maximum Gasteiger partial charge on any atom is 0.244 e. The van der Waals surface area contributed by atoms with Crippen molar-refractivity contribution in [1.82, 2.24) is 10.2 Å². The molecule has 0 saturated heterocycles. The summed E-state index contributed by atoms with van der Waals surface area (Å²) in [6, 6.07) is 12.5. The van der Waals surface area contributed by atoms with E-state index in [1.807, 2.05) is 58.0 Å². The highest BCUT2D eigenvalue weighted by Gasteiger charge is 2.33. The van der Waals surface area contributed by atoms with E-state index in [0.717, 1.165) is 58.5 Å². The molecular weight excluding hydrogens is 486 g/mol. The van der Waals surface area contributed by atoms with Crippen LogP contribution in [0.25, 0.3) is 0 Å². The lowest BCUT2D eigenvalue weighted by Crippen LogP contribution is -2.54. The topological polar surface area (TPSA) is 86.8 Å². The van der Waals surface area contributed by atoms with Crippen molar-refractivity contribution >= 4 is 27.5 Å². The normalized spacial score (nSPS) is 15.2. The van der Waals surface area contributed by atoms with Gasteiger partial charge in [-0.15, -0.1) is 0 Å². The number of aryl methyl sites for hydroxylation is 3. The van der Waals surface area contributed by atoms with Crippen molar-refractivity contribution in [3.8, 4) is 0 Å². The predicted molar refractivity (Wildman–Crippen MR) is 149 cm³/mol. The number of carbonyl (C=O) groups excluding carboxylic acids is 2. The van der Waals surface area contributed by atoms with E-state index in [4.69, 9.17) is 0 Å². The quantitative estimate of drug-likeness (QED) is 0.488. The fraction of sp³-hybridized carbons (Fsp3) is 0.517. The van der Waals surface area contributed by atoms with Gasteiger partial charge in [0.25, 0.3) is 0 Å². The maximum absolute atomic E-state index is 13.9. The van der Waals surface area contributed by atoms with Crippen molar-refractivity contribution in [3.63, 3.8) is 0 Å². The van der Waals surface area contributed by atoms with Crippen LogP contribution in [0, 0.1) is 20.8 Å². The second-order valence-corrected chi connectivity index (χ2v) is 12.2. The van der Waals surface area contributed by atoms with Gasteiger partial charge in [-0.3, -0.25) is 13.9 Å². The van der Waals surface area contributed by atoms with Crippen LogP contribution in [0.5, 0.6) is 0 Å². The van der Waals surface area contributed by atoms with Gasteiger partial charge in [-0.1, -0.05) is 56.5 Å². The molecule has 0 bridgehead atoms. The molecule has 0 unspecified atom stereocenters. The van der Waals surface area contributed by atoms with Crippen molar-refractivity contribution < 1.29 is 18.0 Å². The second-order valence-electron chi connectivity index (χ2n) is 10.3. The van der Waals surface area contributed by atoms with Crippen LogP contribution in [0.3, 0.4) is 0 Å². The summed E-state index contributed by atoms with van der Waals surface area (Å²) < 4.78 is 26.8. The Kier molecular flexibility index (Phi) is 9.76. The molecule has 2 amide bonds. The summed E-state index contributed by atoms with van der Waals surface area (Å²) in [5.41, 5.74) is 4.35. The van der Waals surface area contributed by atoms with Crippen molar-refractivity contribution in [2.24, 2.45) is 0 Å². The van der Waals surface area contributed by atoms with Crippen LogP contribution in [0.15, 0.2) is 42.5 Å². The number of sulfonamides is 1. The van der Waals surface area contributed by atoms with E-state index in [2.05, 4.69) is 5.32 Å². The summed E-state index contributed by atoms with van der Waals surface area (Å²) in [6.45, 7) is 7.58. The Bertz CT molecular complexity index is 1210. The van der Waals surface area contributed by atoms with Crippen LogP contribution >= 0.6 is 0 Å². The minimum Gasteiger partial charge on any atom is -0.352 e. The van der Waals surface area contributed by atoms with E-state index < -0.39 is 22.0 Å². The number of amides is 2. The third-order valence-corrected chi connectivity index (χ3v) is 8.54. The highest BCUT2D eigenvalue weighted by atomic mass is 32.2. The molecule has 1 aliphatic rings. The largest absolute Gasteiger partial charge is 0.352 e. The molecular formula is C29H41N3O4S. The average molecular weight is 528 g/mol. The molecule has 202 valence electrons. The number of anilines is 1. The SMILES string of the molecule is CC[C@@H](C(=O)NC1CCCCC1)N(Cc1ccccc1C)C(=O)CN(c1ccc(C)c(C)c1)S(C)(=O)=O. The van der Waals surface area contributed by atoms with Crippen LogP contribution in [0.4, 0.5) is 5.69 Å². The van der Waals surface area contributed by atoms with Gasteiger partial charge < -0.3 is 10.2 Å². The number of hydrogen-bond acceptors (Lipinski definition) is 4. The summed E-state index contributed by atoms with van der Waals surface area (Å²) in [6.07, 6.45) is 6.79. The molecule has 0 aromatic heterocycles. The van der Waals surface area contributed by atoms with Crippen LogP contribution in [0.2, 0.25) is 0 Å². The van der Waals surface area contributed by atoms with E-state index in [0.29, 0.717) is 12.1 Å². The molecule has 0 radical (unpaired) electrons. The van der Waals surface area contributed by atoms with Gasteiger partial charge in [-0.05, 0) is 74.4 Å². The first-order valence-electron chi connectivity index (χ1n) is 13.2. The van der Waals surface area contributed by atoms with Gasteiger partial charge in [0.15, 0.2) is 0 Å². The third-order valence-electron chi connectivity index (χ3n) is 7.40. The highest BCUT2D eigenvalue weighted by molar-refractivity contribution is 7.92. The number of rotatable bonds is 10. The third kappa shape index (κ3) is 7.57. The Morgan fingerprint density at radius 1 is 0.973 bits per heavy atom. The summed E-state index contributed by atoms with van der Waals surface area (Å²) >= 11 is 0. The van der Waals surface area contributed by atoms with Crippen LogP contribution in [0.1, 0.15) is 67.7 Å². The fourth-order valence-electron chi connectivity index (χ4n) is 4.93. The van der Waals surface area contributed by atoms with Gasteiger partial charge in [0, 0.05) is 12.6 Å². The summed E-state index contributed by atoms with van der Waals surface area (Å²) in [7, 11) is -3.75. The molecule has 1 N–H and O–H groups in total. The Balaban J connectivity index is 1.93. The zero-order valence-electron chi connectivity index (χ0n) is 22.8. The molecule has 7 nitrogen and oxygen atoms in total. The molecule has 1 fully saturated rings. The predicted octanol–water partition coefficient (Wildman–Crippen LogP) is 4.63. The van der Waals surface area contributed by atoms with Gasteiger partial charge >= 0.3 is 0 Å². The first-order chi connectivity index (χ1) is 17.5. The molecule has 8 heteroatoms. The summed E-state index contributed by atoms with van der Waals surface area (Å²) in [5, 5.41) is 3.17. The summed E-state index contributed by atoms with van der Waals surface area (Å²) in [5.74, 6) is -0.578. The molecule has 1 aliphatic carbocycles. The second kappa shape index (κ2) is 12.6. The minimum atomic E-state index is -3.75. The summed E-state index contributed by atoms with van der Waals surface area (Å²) in [4.78, 5) is 28.9. The van der Waals surface area contributed by atoms with Gasteiger partial charge in [-0.2, -0.15) is 0 Å². The first kappa shape index (κ1) is 28.7. The number of benzene rings is 2. The molecule has 3 rings (SSSR count). The fourth-order valence-corrected chi connectivity index (χ4v) is 5.77. The Morgan fingerprint density at radius 3 is 2.24 bits per heavy atom. The van der Waals surface area contributed by atoms with Crippen LogP contribution < -0.4 is 9.62 Å². The minimum absolute atomic E-state index is 0.119. The number of hydrogen-bond donors (Lipinski definition) is 1. The highest BCUT2D eigenvalue weighted by Crippen LogP contribution is 2.23. The van der Waals surface area contributed by atoms with Gasteiger partial charge in [0.1, 0.15) is 12.6 Å². The van der Waals surface area contributed by atoms with Crippen molar-refractivity contribution in [2.75, 3.05) is 17.1 Å². The van der Waals surface area contributed by atoms with E-state index >= 15 is 0 Å². The lowest BCUT2D eigenvalue weighted by Gasteiger charge is -2.34. The van der Waals surface area contributed by atoms with E-state index in [9.17, 15) is 18.0 Å². The molecule has 2 aromatic rings. The van der Waals surface area contributed by atoms with Crippen molar-refractivity contribution in [2.45, 2.75) is 84.8 Å². The van der Waals surface area contributed by atoms with Gasteiger partial charge in [0.05, 0.1) is 11.9 Å². The van der Waals surface area contributed by atoms with Crippen molar-refractivity contribution in [1.29, 1.82) is 0 Å². The maximum atomic E-state index is 13.9. The first-order valence-corrected chi connectivity index (χ1v) is 15.1. The zero-order chi connectivity index (χ0) is 27.2. The molecule has 0 heterocycles. The van der Waals surface area contributed by atoms with Crippen molar-refractivity contribution in [3.05, 3.63) is 64.7 Å². The molecule has 37 heavy (non-hydrogen) atoms. The average Bonchev–Trinajstić information content (AvgIpc) is 2.85. The molecule has 0 spiro atoms. The zero-order valence-corrected chi connectivity index (χ0v) is 23.6. The van der Waals surface area contributed by atoms with E-state index in [1.54, 1.807) is 17.0 Å². The van der Waals surface area contributed by atoms with Gasteiger partial charge in [0.2, 0.25) is 21.8 Å². The number of nitrogens with zero attached hydrogens (tertiary/aromatic N) is 2. The Labute approximate surface area is 222 Å². The Hall–Kier alpha value is -2.87. The van der Waals surface area contributed by atoms with Gasteiger partial charge in [-0.25, -0.2) is 8.42 Å². The number of nitrogens with one attached hydrogen (secondary N) is 1. The molecule has 2 aromatic carbocycles. The smallest absolute Gasteiger partial charge is 0.244 e. The van der Waals surface area contributed by atoms with E-state index in [-0.39, 0.29) is 25.0 Å². The van der Waals surface area contributed by atoms with Crippen LogP contribution in [-0.4, -0.2) is 50.0 Å². The molecule has 1 atom stereocenters. The van der Waals surface area contributed by atoms with Crippen LogP contribution in [-0.2, 0) is 26.2 Å². The number of carbonyl (C=O) groups is 2. The Morgan fingerprint density at radius 2 is 1.65 bits per heavy atom. The molecule has 0 aliphatic heterocycles. The lowest BCUT2D eigenvalue weighted by molar-refractivity contribution is -0.140. The standard InChI is InChI=1S/C29H41N3O4S/c1-6-27(29(34)30-25-14-8-7-9-15-25)31(19-24-13-11-10-12-22(24)3)28(33)20-32(37(5,35)36)26-17-16-21(2)23(4)18-26/h10-13,16-18,25,27H,6-9,14-15,19-20H2,1-5H3,(H,30,34)/t27-/m0/s1. The molecule has 1 saturated carbocycles.